The second-order valence-electron chi connectivity index (χ2n) is 7.25. The molecule has 1 aromatic rings. The Kier molecular flexibility index (Phi) is 3.20. The van der Waals surface area contributed by atoms with Crippen LogP contribution < -0.4 is 0 Å². The van der Waals surface area contributed by atoms with Gasteiger partial charge in [-0.15, -0.1) is 0 Å². The highest BCUT2D eigenvalue weighted by molar-refractivity contribution is 5.68. The van der Waals surface area contributed by atoms with Crippen molar-refractivity contribution in [3.63, 3.8) is 0 Å². The number of aromatic nitrogens is 2. The summed E-state index contributed by atoms with van der Waals surface area (Å²) in [5.74, 6) is 0.487. The minimum absolute atomic E-state index is 0.175. The fourth-order valence-corrected chi connectivity index (χ4v) is 3.74. The maximum atomic E-state index is 12.2. The van der Waals surface area contributed by atoms with Crippen LogP contribution in [0.25, 0.3) is 0 Å². The highest BCUT2D eigenvalue weighted by atomic mass is 16.6. The summed E-state index contributed by atoms with van der Waals surface area (Å²) in [5, 5.41) is 14.0. The third kappa shape index (κ3) is 2.16. The molecule has 1 aliphatic heterocycles. The van der Waals surface area contributed by atoms with Crippen LogP contribution in [0.15, 0.2) is 12.3 Å². The molecule has 22 heavy (non-hydrogen) atoms. The molecule has 0 spiro atoms. The van der Waals surface area contributed by atoms with Crippen LogP contribution in [0.2, 0.25) is 0 Å². The molecule has 3 atom stereocenters. The van der Waals surface area contributed by atoms with Crippen molar-refractivity contribution in [3.8, 4) is 6.07 Å². The average Bonchev–Trinajstić information content (AvgIpc) is 2.89. The normalized spacial score (nSPS) is 30.4. The van der Waals surface area contributed by atoms with E-state index in [1.165, 1.54) is 0 Å². The Labute approximate surface area is 130 Å². The topological polar surface area (TPSA) is 71.2 Å². The Hall–Kier alpha value is -2.03. The molecular formula is C16H22N4O2. The summed E-state index contributed by atoms with van der Waals surface area (Å²) in [7, 11) is 1.87. The third-order valence-corrected chi connectivity index (χ3v) is 4.75. The van der Waals surface area contributed by atoms with E-state index in [0.717, 1.165) is 12.1 Å². The lowest BCUT2D eigenvalue weighted by Crippen LogP contribution is -2.40. The standard InChI is InChI=1S/C16H22N4O2/c1-15(2,3)22-14(21)20-8-6-11-12(9-20)16(11,10-17)13-5-7-18-19(13)4/h5,7,11-12H,6,8-9H2,1-4H3. The lowest BCUT2D eigenvalue weighted by molar-refractivity contribution is 0.0207. The number of amides is 1. The third-order valence-electron chi connectivity index (χ3n) is 4.75. The van der Waals surface area contributed by atoms with Crippen molar-refractivity contribution in [3.05, 3.63) is 18.0 Å². The van der Waals surface area contributed by atoms with Gasteiger partial charge in [-0.2, -0.15) is 10.4 Å². The lowest BCUT2D eigenvalue weighted by atomic mass is 9.99. The first-order valence-corrected chi connectivity index (χ1v) is 7.67. The first-order valence-electron chi connectivity index (χ1n) is 7.67. The van der Waals surface area contributed by atoms with E-state index in [2.05, 4.69) is 11.2 Å². The average molecular weight is 302 g/mol. The molecule has 3 rings (SSSR count). The first-order chi connectivity index (χ1) is 10.3. The summed E-state index contributed by atoms with van der Waals surface area (Å²) >= 11 is 0. The van der Waals surface area contributed by atoms with Gasteiger partial charge < -0.3 is 9.64 Å². The molecule has 3 unspecified atom stereocenters. The van der Waals surface area contributed by atoms with E-state index in [1.54, 1.807) is 15.8 Å². The summed E-state index contributed by atoms with van der Waals surface area (Å²) in [5.41, 5.74) is -0.0375. The zero-order valence-electron chi connectivity index (χ0n) is 13.5. The number of likely N-dealkylation sites (tertiary alicyclic amines) is 1. The molecule has 0 radical (unpaired) electrons. The van der Waals surface area contributed by atoms with Crippen molar-refractivity contribution in [2.45, 2.75) is 38.2 Å². The number of hydrogen-bond donors (Lipinski definition) is 0. The van der Waals surface area contributed by atoms with E-state index < -0.39 is 11.0 Å². The van der Waals surface area contributed by atoms with Gasteiger partial charge in [0, 0.05) is 32.3 Å². The van der Waals surface area contributed by atoms with Gasteiger partial charge in [-0.3, -0.25) is 4.68 Å². The Morgan fingerprint density at radius 2 is 2.23 bits per heavy atom. The molecule has 2 heterocycles. The smallest absolute Gasteiger partial charge is 0.410 e. The number of rotatable bonds is 1. The molecule has 6 nitrogen and oxygen atoms in total. The SMILES string of the molecule is Cn1nccc1C1(C#N)C2CCN(C(=O)OC(C)(C)C)CC21. The van der Waals surface area contributed by atoms with Gasteiger partial charge in [-0.25, -0.2) is 4.79 Å². The zero-order valence-corrected chi connectivity index (χ0v) is 13.5. The fourth-order valence-electron chi connectivity index (χ4n) is 3.74. The van der Waals surface area contributed by atoms with Crippen LogP contribution in [0.4, 0.5) is 4.79 Å². The molecule has 0 N–H and O–H groups in total. The van der Waals surface area contributed by atoms with Crippen molar-refractivity contribution < 1.29 is 9.53 Å². The molecule has 0 aromatic carbocycles. The van der Waals surface area contributed by atoms with E-state index in [-0.39, 0.29) is 12.0 Å². The van der Waals surface area contributed by atoms with Crippen molar-refractivity contribution in [2.24, 2.45) is 18.9 Å². The summed E-state index contributed by atoms with van der Waals surface area (Å²) < 4.78 is 7.22. The number of fused-ring (bicyclic) bond motifs is 1. The van der Waals surface area contributed by atoms with Gasteiger partial charge in [-0.1, -0.05) is 0 Å². The maximum Gasteiger partial charge on any atom is 0.410 e. The monoisotopic (exact) mass is 302 g/mol. The summed E-state index contributed by atoms with van der Waals surface area (Å²) in [4.78, 5) is 14.0. The highest BCUT2D eigenvalue weighted by Crippen LogP contribution is 2.63. The molecule has 1 aliphatic carbocycles. The predicted octanol–water partition coefficient (Wildman–Crippen LogP) is 2.07. The number of carbonyl (C=O) groups excluding carboxylic acids is 1. The predicted molar refractivity (Wildman–Crippen MR) is 79.9 cm³/mol. The second-order valence-corrected chi connectivity index (χ2v) is 7.25. The van der Waals surface area contributed by atoms with Gasteiger partial charge >= 0.3 is 6.09 Å². The number of carbonyl (C=O) groups is 1. The second kappa shape index (κ2) is 4.73. The number of piperidine rings is 1. The van der Waals surface area contributed by atoms with Gasteiger partial charge in [0.25, 0.3) is 0 Å². The Morgan fingerprint density at radius 3 is 2.77 bits per heavy atom. The maximum absolute atomic E-state index is 12.2. The summed E-state index contributed by atoms with van der Waals surface area (Å²) in [6, 6.07) is 4.42. The highest BCUT2D eigenvalue weighted by Gasteiger charge is 2.69. The molecule has 0 bridgehead atoms. The number of hydrogen-bond acceptors (Lipinski definition) is 4. The number of nitrogens with zero attached hydrogens (tertiary/aromatic N) is 4. The molecule has 1 saturated carbocycles. The molecule has 118 valence electrons. The summed E-state index contributed by atoms with van der Waals surface area (Å²) in [6.45, 7) is 6.83. The Balaban J connectivity index is 1.77. The zero-order chi connectivity index (χ0) is 16.1. The van der Waals surface area contributed by atoms with Crippen LogP contribution in [-0.4, -0.2) is 39.5 Å². The van der Waals surface area contributed by atoms with Crippen molar-refractivity contribution in [1.29, 1.82) is 5.26 Å². The number of aryl methyl sites for hydroxylation is 1. The van der Waals surface area contributed by atoms with Crippen molar-refractivity contribution >= 4 is 6.09 Å². The van der Waals surface area contributed by atoms with Crippen molar-refractivity contribution in [1.82, 2.24) is 14.7 Å². The minimum Gasteiger partial charge on any atom is -0.444 e. The Bertz CT molecular complexity index is 639. The number of ether oxygens (including phenoxy) is 1. The molecule has 1 aromatic heterocycles. The fraction of sp³-hybridized carbons (Fsp3) is 0.688. The van der Waals surface area contributed by atoms with Gasteiger partial charge in [0.15, 0.2) is 0 Å². The molecule has 2 aliphatic rings. The molecule has 6 heteroatoms. The van der Waals surface area contributed by atoms with E-state index in [4.69, 9.17) is 4.74 Å². The van der Waals surface area contributed by atoms with Crippen molar-refractivity contribution in [2.75, 3.05) is 13.1 Å². The van der Waals surface area contributed by atoms with Crippen LogP contribution in [0.5, 0.6) is 0 Å². The van der Waals surface area contributed by atoms with E-state index >= 15 is 0 Å². The van der Waals surface area contributed by atoms with Gasteiger partial charge in [0.1, 0.15) is 11.0 Å². The van der Waals surface area contributed by atoms with Crippen LogP contribution in [0.1, 0.15) is 32.9 Å². The van der Waals surface area contributed by atoms with Crippen LogP contribution in [0.3, 0.4) is 0 Å². The quantitative estimate of drug-likeness (QED) is 0.796. The molecular weight excluding hydrogens is 280 g/mol. The van der Waals surface area contributed by atoms with Gasteiger partial charge in [0.05, 0.1) is 11.8 Å². The van der Waals surface area contributed by atoms with Gasteiger partial charge in [-0.05, 0) is 39.2 Å². The first kappa shape index (κ1) is 14.9. The Morgan fingerprint density at radius 1 is 1.50 bits per heavy atom. The summed E-state index contributed by atoms with van der Waals surface area (Å²) in [6.07, 6.45) is 2.28. The van der Waals surface area contributed by atoms with Crippen LogP contribution in [-0.2, 0) is 17.2 Å². The van der Waals surface area contributed by atoms with Crippen LogP contribution in [0, 0.1) is 23.2 Å². The molecule has 1 saturated heterocycles. The van der Waals surface area contributed by atoms with E-state index in [1.807, 2.05) is 33.9 Å². The minimum atomic E-state index is -0.498. The molecule has 1 amide bonds. The molecule has 2 fully saturated rings. The number of nitriles is 1. The van der Waals surface area contributed by atoms with E-state index in [9.17, 15) is 10.1 Å². The van der Waals surface area contributed by atoms with Crippen LogP contribution >= 0.6 is 0 Å². The lowest BCUT2D eigenvalue weighted by Gasteiger charge is -2.29. The van der Waals surface area contributed by atoms with Gasteiger partial charge in [0.2, 0.25) is 0 Å². The largest absolute Gasteiger partial charge is 0.444 e. The van der Waals surface area contributed by atoms with E-state index in [0.29, 0.717) is 19.0 Å².